The van der Waals surface area contributed by atoms with Gasteiger partial charge in [0.1, 0.15) is 29.9 Å². The second kappa shape index (κ2) is 9.23. The van der Waals surface area contributed by atoms with E-state index in [1.165, 1.54) is 18.9 Å². The average Bonchev–Trinajstić information content (AvgIpc) is 3.47. The van der Waals surface area contributed by atoms with Crippen LogP contribution in [0.1, 0.15) is 11.4 Å². The lowest BCUT2D eigenvalue weighted by Gasteiger charge is -2.50. The third-order valence-electron chi connectivity index (χ3n) is 5.79. The monoisotopic (exact) mass is 528 g/mol. The first-order valence-corrected chi connectivity index (χ1v) is 12.6. The first kappa shape index (κ1) is 23.7. The molecule has 5 rings (SSSR count). The van der Waals surface area contributed by atoms with Crippen LogP contribution in [0.2, 0.25) is 0 Å². The van der Waals surface area contributed by atoms with Crippen molar-refractivity contribution in [3.63, 3.8) is 0 Å². The minimum Gasteiger partial charge on any atom is -0.543 e. The summed E-state index contributed by atoms with van der Waals surface area (Å²) in [7, 11) is 1.28. The van der Waals surface area contributed by atoms with Gasteiger partial charge >= 0.3 is 0 Å². The summed E-state index contributed by atoms with van der Waals surface area (Å²) in [5, 5.41) is 24.0. The van der Waals surface area contributed by atoms with Crippen LogP contribution in [0, 0.1) is 6.92 Å². The van der Waals surface area contributed by atoms with Crippen LogP contribution in [0.15, 0.2) is 46.3 Å². The van der Waals surface area contributed by atoms with Crippen LogP contribution in [0.4, 0.5) is 5.13 Å². The number of aliphatic carboxylic acids is 1. The Morgan fingerprint density at radius 2 is 2.22 bits per heavy atom. The molecule has 186 valence electrons. The molecule has 0 aromatic carbocycles. The highest BCUT2D eigenvalue weighted by Gasteiger charge is 2.53. The number of hydrogen-bond donors (Lipinski definition) is 2. The van der Waals surface area contributed by atoms with E-state index in [1.807, 2.05) is 29.7 Å². The first-order valence-electron chi connectivity index (χ1n) is 10.6. The number of oxime groups is 1. The Kier molecular flexibility index (Phi) is 6.09. The standard InChI is InChI=1S/C21H20N8O5S2/c1-10-4-3-5-13-27(9-23-29(10)13)6-11-7-35-19-15(18(31)28(19)16(11)20(32)33)25-17(30)14(26-34-2)12-8-36-21(22)24-12/h3-5,8-9,15,19H,6-7H2,1-2H3,(H3-,22,24,25,30,32,33)/b26-14-/t15-,19+/m1/s1. The summed E-state index contributed by atoms with van der Waals surface area (Å²) in [4.78, 5) is 48.0. The van der Waals surface area contributed by atoms with E-state index in [-0.39, 0.29) is 28.8 Å². The number of carboxylic acids is 1. The van der Waals surface area contributed by atoms with Crippen molar-refractivity contribution in [3.8, 4) is 0 Å². The van der Waals surface area contributed by atoms with Gasteiger partial charge < -0.3 is 25.8 Å². The molecule has 2 aliphatic rings. The number of hydrogen-bond acceptors (Lipinski definition) is 11. The van der Waals surface area contributed by atoms with Crippen molar-refractivity contribution in [2.24, 2.45) is 5.16 Å². The van der Waals surface area contributed by atoms with Gasteiger partial charge in [-0.25, -0.2) is 9.55 Å². The van der Waals surface area contributed by atoms with Gasteiger partial charge in [-0.3, -0.25) is 14.5 Å². The van der Waals surface area contributed by atoms with E-state index in [0.717, 1.165) is 27.6 Å². The van der Waals surface area contributed by atoms with E-state index in [0.29, 0.717) is 11.3 Å². The van der Waals surface area contributed by atoms with Crippen molar-refractivity contribution in [3.05, 3.63) is 52.6 Å². The maximum atomic E-state index is 13.0. The van der Waals surface area contributed by atoms with E-state index in [2.05, 4.69) is 20.6 Å². The fourth-order valence-electron chi connectivity index (χ4n) is 4.16. The minimum absolute atomic E-state index is 0.145. The Balaban J connectivity index is 1.38. The number of nitrogen functional groups attached to an aromatic ring is 1. The molecule has 3 aromatic heterocycles. The van der Waals surface area contributed by atoms with Crippen molar-refractivity contribution in [2.45, 2.75) is 24.9 Å². The molecule has 2 atom stereocenters. The fraction of sp³-hybridized carbons (Fsp3) is 0.286. The number of aryl methyl sites for hydroxylation is 1. The summed E-state index contributed by atoms with van der Waals surface area (Å²) in [6, 6.07) is 4.71. The highest BCUT2D eigenvalue weighted by Crippen LogP contribution is 2.40. The molecule has 0 unspecified atom stereocenters. The highest BCUT2D eigenvalue weighted by atomic mass is 32.2. The molecule has 2 amide bonds. The molecule has 13 nitrogen and oxygen atoms in total. The predicted molar refractivity (Wildman–Crippen MR) is 127 cm³/mol. The van der Waals surface area contributed by atoms with Gasteiger partial charge in [0, 0.05) is 22.3 Å². The van der Waals surface area contributed by atoms with Crippen LogP contribution in [0.5, 0.6) is 0 Å². The van der Waals surface area contributed by atoms with Crippen molar-refractivity contribution >= 4 is 57.4 Å². The number of carbonyl (C=O) groups excluding carboxylic acids is 3. The van der Waals surface area contributed by atoms with Gasteiger partial charge in [0.05, 0.1) is 18.2 Å². The van der Waals surface area contributed by atoms with Crippen molar-refractivity contribution < 1.29 is 28.9 Å². The van der Waals surface area contributed by atoms with Crippen LogP contribution in [-0.2, 0) is 25.8 Å². The number of nitrogens with zero attached hydrogens (tertiary/aromatic N) is 6. The molecule has 0 bridgehead atoms. The van der Waals surface area contributed by atoms with Gasteiger partial charge in [0.25, 0.3) is 23.8 Å². The topological polar surface area (TPSA) is 171 Å². The first-order chi connectivity index (χ1) is 17.3. The predicted octanol–water partition coefficient (Wildman–Crippen LogP) is -1.58. The number of amides is 2. The van der Waals surface area contributed by atoms with Crippen molar-refractivity contribution in [1.29, 1.82) is 0 Å². The largest absolute Gasteiger partial charge is 0.543 e. The van der Waals surface area contributed by atoms with Gasteiger partial charge in [-0.15, -0.1) is 23.1 Å². The maximum absolute atomic E-state index is 13.0. The second-order valence-corrected chi connectivity index (χ2v) is 9.98. The summed E-state index contributed by atoms with van der Waals surface area (Å²) in [5.74, 6) is -2.39. The number of thiazole rings is 1. The van der Waals surface area contributed by atoms with Gasteiger partial charge in [-0.1, -0.05) is 15.7 Å². The maximum Gasteiger partial charge on any atom is 0.276 e. The number of anilines is 1. The lowest BCUT2D eigenvalue weighted by Crippen LogP contribution is -2.71. The second-order valence-electron chi connectivity index (χ2n) is 7.99. The molecule has 0 radical (unpaired) electrons. The Hall–Kier alpha value is -3.98. The number of thioether (sulfide) groups is 1. The summed E-state index contributed by atoms with van der Waals surface area (Å²) in [6.07, 6.45) is 1.61. The Morgan fingerprint density at radius 1 is 1.42 bits per heavy atom. The number of rotatable bonds is 7. The van der Waals surface area contributed by atoms with Crippen LogP contribution in [-0.4, -0.2) is 67.3 Å². The highest BCUT2D eigenvalue weighted by molar-refractivity contribution is 8.00. The molecule has 0 spiro atoms. The van der Waals surface area contributed by atoms with Gasteiger partial charge in [-0.05, 0) is 18.6 Å². The molecule has 0 saturated carbocycles. The fourth-order valence-corrected chi connectivity index (χ4v) is 6.04. The van der Waals surface area contributed by atoms with Crippen LogP contribution >= 0.6 is 23.1 Å². The Morgan fingerprint density at radius 3 is 2.92 bits per heavy atom. The van der Waals surface area contributed by atoms with E-state index in [1.54, 1.807) is 16.2 Å². The van der Waals surface area contributed by atoms with Crippen LogP contribution < -0.4 is 20.7 Å². The summed E-state index contributed by atoms with van der Waals surface area (Å²) in [6.45, 7) is 2.13. The molecule has 3 N–H and O–H groups in total. The van der Waals surface area contributed by atoms with Gasteiger partial charge in [0.15, 0.2) is 10.8 Å². The molecule has 15 heteroatoms. The normalized spacial score (nSPS) is 19.8. The van der Waals surface area contributed by atoms with E-state index < -0.39 is 29.2 Å². The zero-order chi connectivity index (χ0) is 25.6. The number of nitrogens with two attached hydrogens (primary N) is 1. The molecule has 1 fully saturated rings. The van der Waals surface area contributed by atoms with E-state index in [4.69, 9.17) is 10.6 Å². The SMILES string of the molecule is CO/N=C(\C(=O)N[C@@H]1C(=O)N2C(C(=O)[O-])=C(C[n+]3cnn4c(C)cccc43)CS[C@@H]12)c1csc(N)n1. The molecule has 3 aromatic rings. The Labute approximate surface area is 212 Å². The van der Waals surface area contributed by atoms with E-state index in [9.17, 15) is 19.5 Å². The average molecular weight is 529 g/mol. The van der Waals surface area contributed by atoms with Crippen LogP contribution in [0.3, 0.4) is 0 Å². The quantitative estimate of drug-likeness (QED) is 0.159. The molecular formula is C21H20N8O5S2. The molecular weight excluding hydrogens is 508 g/mol. The Bertz CT molecular complexity index is 1460. The van der Waals surface area contributed by atoms with Crippen LogP contribution in [0.25, 0.3) is 5.65 Å². The number of nitrogens with one attached hydrogen (secondary N) is 1. The zero-order valence-corrected chi connectivity index (χ0v) is 20.7. The summed E-state index contributed by atoms with van der Waals surface area (Å²) >= 11 is 2.47. The molecule has 1 saturated heterocycles. The third-order valence-corrected chi connectivity index (χ3v) is 7.80. The molecule has 5 heterocycles. The van der Waals surface area contributed by atoms with Gasteiger partial charge in [0.2, 0.25) is 0 Å². The minimum atomic E-state index is -1.46. The van der Waals surface area contributed by atoms with E-state index >= 15 is 0 Å². The number of carbonyl (C=O) groups is 3. The number of β-lactam (4-membered cyclic amide) rings is 1. The lowest BCUT2D eigenvalue weighted by molar-refractivity contribution is -0.664. The molecule has 0 aliphatic carbocycles. The number of fused-ring (bicyclic) bond motifs is 2. The summed E-state index contributed by atoms with van der Waals surface area (Å²) in [5.41, 5.74) is 7.73. The smallest absolute Gasteiger partial charge is 0.276 e. The third kappa shape index (κ3) is 3.95. The number of carboxylic acid groups (broad SMARTS) is 1. The number of pyridine rings is 1. The van der Waals surface area contributed by atoms with Gasteiger partial charge in [-0.2, -0.15) is 0 Å². The summed E-state index contributed by atoms with van der Waals surface area (Å²) < 4.78 is 3.55. The molecule has 36 heavy (non-hydrogen) atoms. The number of aromatic nitrogens is 4. The van der Waals surface area contributed by atoms with Crippen molar-refractivity contribution in [2.75, 3.05) is 18.6 Å². The zero-order valence-electron chi connectivity index (χ0n) is 19.1. The lowest BCUT2D eigenvalue weighted by atomic mass is 10.0. The molecule has 2 aliphatic heterocycles. The van der Waals surface area contributed by atoms with Crippen molar-refractivity contribution in [1.82, 2.24) is 24.8 Å².